The van der Waals surface area contributed by atoms with Crippen LogP contribution in [0.5, 0.6) is 0 Å². The Kier molecular flexibility index (Phi) is 4.50. The van der Waals surface area contributed by atoms with Crippen molar-refractivity contribution in [2.45, 2.75) is 59.0 Å². The van der Waals surface area contributed by atoms with Crippen molar-refractivity contribution in [3.63, 3.8) is 0 Å². The lowest BCUT2D eigenvalue weighted by Gasteiger charge is -2.41. The summed E-state index contributed by atoms with van der Waals surface area (Å²) in [6.45, 7) is 6.95. The van der Waals surface area contributed by atoms with Crippen LogP contribution in [0.1, 0.15) is 52.9 Å². The number of rotatable bonds is 2. The molecule has 1 fully saturated rings. The average molecular weight is 329 g/mol. The van der Waals surface area contributed by atoms with Crippen LogP contribution < -0.4 is 0 Å². The third kappa shape index (κ3) is 2.77. The number of carbonyl (C=O) groups excluding carboxylic acids is 1. The van der Waals surface area contributed by atoms with Crippen molar-refractivity contribution in [1.29, 1.82) is 0 Å². The summed E-state index contributed by atoms with van der Waals surface area (Å²) in [7, 11) is 3.54. The van der Waals surface area contributed by atoms with Gasteiger partial charge in [-0.1, -0.05) is 38.5 Å². The highest BCUT2D eigenvalue weighted by molar-refractivity contribution is 5.93. The van der Waals surface area contributed by atoms with Gasteiger partial charge in [-0.3, -0.25) is 4.79 Å². The maximum atomic E-state index is 12.4. The topological polar surface area (TPSA) is 40.5 Å². The second-order valence-corrected chi connectivity index (χ2v) is 8.55. The fourth-order valence-electron chi connectivity index (χ4n) is 4.90. The molecule has 24 heavy (non-hydrogen) atoms. The standard InChI is InChI=1S/C21H31NO2/c1-13(2)15-8-10-21(3)11-9-16-17(19(15)21)7-6-14(12-18(16)23)20(24)22(4)5/h6-7,13,16,18,23H,8-12H2,1-5H3. The number of nitrogens with zero attached hydrogens (tertiary/aromatic N) is 1. The Balaban J connectivity index is 2.08. The highest BCUT2D eigenvalue weighted by atomic mass is 16.3. The largest absolute Gasteiger partial charge is 0.392 e. The van der Waals surface area contributed by atoms with Gasteiger partial charge in [0.2, 0.25) is 5.91 Å². The quantitative estimate of drug-likeness (QED) is 0.836. The summed E-state index contributed by atoms with van der Waals surface area (Å²) in [6.07, 6.45) is 8.70. The molecule has 3 nitrogen and oxygen atoms in total. The molecule has 3 rings (SSSR count). The van der Waals surface area contributed by atoms with Crippen molar-refractivity contribution in [1.82, 2.24) is 4.90 Å². The van der Waals surface area contributed by atoms with Crippen LogP contribution in [0.25, 0.3) is 0 Å². The number of allylic oxidation sites excluding steroid dienone is 4. The molecule has 1 saturated carbocycles. The second kappa shape index (κ2) is 6.18. The first-order valence-electron chi connectivity index (χ1n) is 9.29. The molecule has 3 aliphatic rings. The van der Waals surface area contributed by atoms with Crippen LogP contribution in [0.2, 0.25) is 0 Å². The predicted octanol–water partition coefficient (Wildman–Crippen LogP) is 3.85. The van der Waals surface area contributed by atoms with Gasteiger partial charge in [0.1, 0.15) is 0 Å². The first-order valence-corrected chi connectivity index (χ1v) is 9.29. The van der Waals surface area contributed by atoms with E-state index in [1.807, 2.05) is 6.08 Å². The minimum absolute atomic E-state index is 0.0109. The Hall–Kier alpha value is -1.35. The fourth-order valence-corrected chi connectivity index (χ4v) is 4.90. The summed E-state index contributed by atoms with van der Waals surface area (Å²) in [5.41, 5.74) is 5.35. The van der Waals surface area contributed by atoms with Gasteiger partial charge in [-0.25, -0.2) is 0 Å². The summed E-state index contributed by atoms with van der Waals surface area (Å²) >= 11 is 0. The normalized spacial score (nSPS) is 32.8. The van der Waals surface area contributed by atoms with Gasteiger partial charge in [0.15, 0.2) is 0 Å². The number of amides is 1. The SMILES string of the molecule is CC(C)C1=C2C3=CC=C(C(=O)N(C)C)CC(O)C3CCC2(C)CC1. The lowest BCUT2D eigenvalue weighted by atomic mass is 9.64. The molecule has 3 atom stereocenters. The Labute approximate surface area is 146 Å². The van der Waals surface area contributed by atoms with E-state index in [4.69, 9.17) is 0 Å². The minimum atomic E-state index is -0.458. The van der Waals surface area contributed by atoms with E-state index >= 15 is 0 Å². The van der Waals surface area contributed by atoms with Gasteiger partial charge in [0, 0.05) is 32.0 Å². The number of hydrogen-bond donors (Lipinski definition) is 1. The highest BCUT2D eigenvalue weighted by Gasteiger charge is 2.46. The van der Waals surface area contributed by atoms with E-state index in [9.17, 15) is 9.90 Å². The third-order valence-corrected chi connectivity index (χ3v) is 6.30. The van der Waals surface area contributed by atoms with E-state index in [-0.39, 0.29) is 17.2 Å². The molecule has 1 amide bonds. The lowest BCUT2D eigenvalue weighted by molar-refractivity contribution is -0.125. The van der Waals surface area contributed by atoms with E-state index in [0.29, 0.717) is 12.3 Å². The molecule has 0 radical (unpaired) electrons. The minimum Gasteiger partial charge on any atom is -0.392 e. The zero-order valence-electron chi connectivity index (χ0n) is 15.7. The first-order chi connectivity index (χ1) is 11.2. The summed E-state index contributed by atoms with van der Waals surface area (Å²) in [5, 5.41) is 10.8. The van der Waals surface area contributed by atoms with Crippen LogP contribution in [-0.4, -0.2) is 36.1 Å². The number of fused-ring (bicyclic) bond motifs is 3. The lowest BCUT2D eigenvalue weighted by Crippen LogP contribution is -2.34. The Morgan fingerprint density at radius 1 is 1.29 bits per heavy atom. The summed E-state index contributed by atoms with van der Waals surface area (Å²) in [4.78, 5) is 14.0. The summed E-state index contributed by atoms with van der Waals surface area (Å²) in [5.74, 6) is 0.731. The monoisotopic (exact) mass is 329 g/mol. The molecule has 0 aromatic rings. The molecule has 0 bridgehead atoms. The molecule has 0 heterocycles. The van der Waals surface area contributed by atoms with Crippen molar-refractivity contribution >= 4 is 5.91 Å². The zero-order chi connectivity index (χ0) is 17.6. The number of likely N-dealkylation sites (N-methyl/N-ethyl adjacent to an activating group) is 1. The molecule has 3 heteroatoms. The Bertz CT molecular complexity index is 638. The molecule has 0 spiro atoms. The van der Waals surface area contributed by atoms with E-state index in [1.165, 1.54) is 24.0 Å². The van der Waals surface area contributed by atoms with E-state index in [0.717, 1.165) is 18.4 Å². The van der Waals surface area contributed by atoms with Crippen LogP contribution in [0, 0.1) is 17.3 Å². The van der Waals surface area contributed by atoms with E-state index in [2.05, 4.69) is 26.8 Å². The molecule has 0 aromatic carbocycles. The van der Waals surface area contributed by atoms with Gasteiger partial charge in [-0.15, -0.1) is 0 Å². The predicted molar refractivity (Wildman–Crippen MR) is 97.4 cm³/mol. The van der Waals surface area contributed by atoms with Crippen LogP contribution in [-0.2, 0) is 4.79 Å². The number of carbonyl (C=O) groups is 1. The molecule has 0 aliphatic heterocycles. The highest BCUT2D eigenvalue weighted by Crippen LogP contribution is 2.57. The van der Waals surface area contributed by atoms with Crippen LogP contribution in [0.3, 0.4) is 0 Å². The molecule has 0 aromatic heterocycles. The van der Waals surface area contributed by atoms with Crippen molar-refractivity contribution in [3.8, 4) is 0 Å². The van der Waals surface area contributed by atoms with Gasteiger partial charge < -0.3 is 10.0 Å². The van der Waals surface area contributed by atoms with Gasteiger partial charge in [-0.2, -0.15) is 0 Å². The zero-order valence-corrected chi connectivity index (χ0v) is 15.7. The summed E-state index contributed by atoms with van der Waals surface area (Å²) in [6, 6.07) is 0. The Morgan fingerprint density at radius 3 is 2.62 bits per heavy atom. The maximum absolute atomic E-state index is 12.4. The Morgan fingerprint density at radius 2 is 2.00 bits per heavy atom. The number of aliphatic hydroxyl groups is 1. The molecule has 3 aliphatic carbocycles. The molecule has 0 saturated heterocycles. The van der Waals surface area contributed by atoms with Gasteiger partial charge in [0.05, 0.1) is 6.10 Å². The molecule has 1 N–H and O–H groups in total. The number of aliphatic hydroxyl groups excluding tert-OH is 1. The van der Waals surface area contributed by atoms with E-state index < -0.39 is 6.10 Å². The molecular weight excluding hydrogens is 298 g/mol. The van der Waals surface area contributed by atoms with Crippen LogP contribution in [0.4, 0.5) is 0 Å². The van der Waals surface area contributed by atoms with Crippen molar-refractivity contribution in [2.75, 3.05) is 14.1 Å². The van der Waals surface area contributed by atoms with Crippen molar-refractivity contribution in [3.05, 3.63) is 34.4 Å². The van der Waals surface area contributed by atoms with Crippen LogP contribution in [0.15, 0.2) is 34.4 Å². The number of hydrogen-bond acceptors (Lipinski definition) is 2. The first kappa shape index (κ1) is 17.5. The van der Waals surface area contributed by atoms with Crippen molar-refractivity contribution in [2.24, 2.45) is 17.3 Å². The average Bonchev–Trinajstić information content (AvgIpc) is 2.78. The maximum Gasteiger partial charge on any atom is 0.249 e. The van der Waals surface area contributed by atoms with Crippen LogP contribution >= 0.6 is 0 Å². The van der Waals surface area contributed by atoms with Gasteiger partial charge in [0.25, 0.3) is 0 Å². The smallest absolute Gasteiger partial charge is 0.249 e. The fraction of sp³-hybridized carbons (Fsp3) is 0.667. The molecule has 132 valence electrons. The third-order valence-electron chi connectivity index (χ3n) is 6.30. The van der Waals surface area contributed by atoms with Gasteiger partial charge >= 0.3 is 0 Å². The van der Waals surface area contributed by atoms with Crippen molar-refractivity contribution < 1.29 is 9.90 Å². The summed E-state index contributed by atoms with van der Waals surface area (Å²) < 4.78 is 0. The molecular formula is C21H31NO2. The van der Waals surface area contributed by atoms with E-state index in [1.54, 1.807) is 24.6 Å². The molecule has 3 unspecified atom stereocenters. The van der Waals surface area contributed by atoms with Gasteiger partial charge in [-0.05, 0) is 48.2 Å². The second-order valence-electron chi connectivity index (χ2n) is 8.55.